The number of aryl methyl sites for hydroxylation is 1. The maximum absolute atomic E-state index is 14.6. The molecule has 0 spiro atoms. The zero-order chi connectivity index (χ0) is 22.0. The highest BCUT2D eigenvalue weighted by Crippen LogP contribution is 2.30. The summed E-state index contributed by atoms with van der Waals surface area (Å²) in [4.78, 5) is 14.6. The molecule has 2 aromatic rings. The molecule has 0 aromatic heterocycles. The van der Waals surface area contributed by atoms with E-state index in [2.05, 4.69) is 10.6 Å². The zero-order valence-electron chi connectivity index (χ0n) is 17.7. The number of anilines is 2. The van der Waals surface area contributed by atoms with Crippen molar-refractivity contribution in [3.05, 3.63) is 58.9 Å². The standard InChI is InChI=1S/C24H28F3N3O/c1-15-7-10-21(20(26)11-15)29-23-18(8-9-19(25)22(23)27)24(31)30-13-17(14-30)28-12-16-5-3-2-4-6-16/h7-11,16-17,28-29H,2-6,12-14H2,1H3. The van der Waals surface area contributed by atoms with Gasteiger partial charge in [0.05, 0.1) is 16.9 Å². The van der Waals surface area contributed by atoms with Gasteiger partial charge >= 0.3 is 0 Å². The molecule has 2 N–H and O–H groups in total. The van der Waals surface area contributed by atoms with E-state index in [-0.39, 0.29) is 23.0 Å². The molecule has 0 unspecified atom stereocenters. The van der Waals surface area contributed by atoms with Crippen molar-refractivity contribution < 1.29 is 18.0 Å². The Kier molecular flexibility index (Phi) is 6.51. The second kappa shape index (κ2) is 9.30. The van der Waals surface area contributed by atoms with Crippen molar-refractivity contribution in [2.75, 3.05) is 25.0 Å². The Morgan fingerprint density at radius 1 is 1.03 bits per heavy atom. The Morgan fingerprint density at radius 2 is 1.77 bits per heavy atom. The van der Waals surface area contributed by atoms with E-state index >= 15 is 0 Å². The highest BCUT2D eigenvalue weighted by Gasteiger charge is 2.33. The summed E-state index contributed by atoms with van der Waals surface area (Å²) >= 11 is 0. The second-order valence-corrected chi connectivity index (χ2v) is 8.71. The lowest BCUT2D eigenvalue weighted by molar-refractivity contribution is 0.0561. The van der Waals surface area contributed by atoms with Crippen molar-refractivity contribution in [3.8, 4) is 0 Å². The van der Waals surface area contributed by atoms with Crippen molar-refractivity contribution in [2.24, 2.45) is 5.92 Å². The number of carbonyl (C=O) groups excluding carboxylic acids is 1. The summed E-state index contributed by atoms with van der Waals surface area (Å²) in [6, 6.07) is 6.77. The van der Waals surface area contributed by atoms with Crippen LogP contribution < -0.4 is 10.6 Å². The van der Waals surface area contributed by atoms with Gasteiger partial charge in [0, 0.05) is 19.1 Å². The lowest BCUT2D eigenvalue weighted by atomic mass is 9.89. The van der Waals surface area contributed by atoms with Crippen molar-refractivity contribution in [3.63, 3.8) is 0 Å². The predicted octanol–water partition coefficient (Wildman–Crippen LogP) is 5.15. The number of hydrogen-bond acceptors (Lipinski definition) is 3. The molecule has 4 rings (SSSR count). The summed E-state index contributed by atoms with van der Waals surface area (Å²) in [6.45, 7) is 3.72. The summed E-state index contributed by atoms with van der Waals surface area (Å²) in [5.41, 5.74) is 0.335. The van der Waals surface area contributed by atoms with Gasteiger partial charge in [-0.3, -0.25) is 4.79 Å². The van der Waals surface area contributed by atoms with Crippen molar-refractivity contribution in [2.45, 2.75) is 45.1 Å². The van der Waals surface area contributed by atoms with Crippen LogP contribution >= 0.6 is 0 Å². The average molecular weight is 432 g/mol. The van der Waals surface area contributed by atoms with Crippen LogP contribution in [0, 0.1) is 30.3 Å². The molecular weight excluding hydrogens is 403 g/mol. The Hall–Kier alpha value is -2.54. The van der Waals surface area contributed by atoms with Gasteiger partial charge in [-0.15, -0.1) is 0 Å². The molecule has 4 nitrogen and oxygen atoms in total. The molecule has 1 saturated heterocycles. The smallest absolute Gasteiger partial charge is 0.256 e. The molecule has 166 valence electrons. The number of hydrogen-bond donors (Lipinski definition) is 2. The van der Waals surface area contributed by atoms with Crippen LogP contribution in [0.2, 0.25) is 0 Å². The normalized spacial score (nSPS) is 17.5. The van der Waals surface area contributed by atoms with E-state index in [1.165, 1.54) is 50.3 Å². The SMILES string of the molecule is Cc1ccc(Nc2c(C(=O)N3CC(NCC4CCCCC4)C3)ccc(F)c2F)c(F)c1. The summed E-state index contributed by atoms with van der Waals surface area (Å²) in [5, 5.41) is 6.11. The van der Waals surface area contributed by atoms with Gasteiger partial charge in [-0.25, -0.2) is 13.2 Å². The van der Waals surface area contributed by atoms with Gasteiger partial charge in [0.15, 0.2) is 11.6 Å². The van der Waals surface area contributed by atoms with Crippen molar-refractivity contribution >= 4 is 17.3 Å². The highest BCUT2D eigenvalue weighted by molar-refractivity contribution is 6.01. The van der Waals surface area contributed by atoms with E-state index in [4.69, 9.17) is 0 Å². The van der Waals surface area contributed by atoms with Gasteiger partial charge in [0.1, 0.15) is 5.82 Å². The number of amides is 1. The molecule has 1 saturated carbocycles. The molecule has 0 atom stereocenters. The number of rotatable bonds is 6. The summed E-state index contributed by atoms with van der Waals surface area (Å²) < 4.78 is 42.7. The Balaban J connectivity index is 1.43. The van der Waals surface area contributed by atoms with Crippen molar-refractivity contribution in [1.29, 1.82) is 0 Å². The number of carbonyl (C=O) groups is 1. The first-order chi connectivity index (χ1) is 14.9. The molecule has 0 radical (unpaired) electrons. The lowest BCUT2D eigenvalue weighted by Crippen LogP contribution is -2.60. The monoisotopic (exact) mass is 431 g/mol. The Labute approximate surface area is 180 Å². The molecular formula is C24H28F3N3O. The third-order valence-electron chi connectivity index (χ3n) is 6.30. The van der Waals surface area contributed by atoms with Gasteiger partial charge in [-0.2, -0.15) is 0 Å². The van der Waals surface area contributed by atoms with Crippen LogP contribution in [0.3, 0.4) is 0 Å². The van der Waals surface area contributed by atoms with E-state index in [9.17, 15) is 18.0 Å². The topological polar surface area (TPSA) is 44.4 Å². The minimum absolute atomic E-state index is 0.00962. The van der Waals surface area contributed by atoms with E-state index in [1.54, 1.807) is 17.9 Å². The van der Waals surface area contributed by atoms with Gasteiger partial charge in [-0.05, 0) is 62.1 Å². The van der Waals surface area contributed by atoms with E-state index in [0.717, 1.165) is 12.6 Å². The predicted molar refractivity (Wildman–Crippen MR) is 115 cm³/mol. The molecule has 2 aliphatic rings. The minimum Gasteiger partial charge on any atom is -0.350 e. The number of nitrogens with one attached hydrogen (secondary N) is 2. The van der Waals surface area contributed by atoms with E-state index in [1.807, 2.05) is 0 Å². The first kappa shape index (κ1) is 21.7. The number of likely N-dealkylation sites (tertiary alicyclic amines) is 1. The van der Waals surface area contributed by atoms with E-state index < -0.39 is 23.4 Å². The second-order valence-electron chi connectivity index (χ2n) is 8.71. The molecule has 31 heavy (non-hydrogen) atoms. The number of nitrogens with zero attached hydrogens (tertiary/aromatic N) is 1. The van der Waals surface area contributed by atoms with Crippen LogP contribution in [0.15, 0.2) is 30.3 Å². The number of halogens is 3. The molecule has 1 aliphatic heterocycles. The van der Waals surface area contributed by atoms with Crippen LogP contribution in [-0.4, -0.2) is 36.5 Å². The number of benzene rings is 2. The third kappa shape index (κ3) is 4.87. The molecule has 0 bridgehead atoms. The first-order valence-electron chi connectivity index (χ1n) is 11.0. The molecule has 7 heteroatoms. The summed E-state index contributed by atoms with van der Waals surface area (Å²) in [5.74, 6) is -2.59. The van der Waals surface area contributed by atoms with Crippen LogP contribution in [0.4, 0.5) is 24.5 Å². The van der Waals surface area contributed by atoms with Crippen molar-refractivity contribution in [1.82, 2.24) is 10.2 Å². The third-order valence-corrected chi connectivity index (χ3v) is 6.30. The highest BCUT2D eigenvalue weighted by atomic mass is 19.2. The van der Waals surface area contributed by atoms with Gasteiger partial charge in [-0.1, -0.05) is 25.3 Å². The lowest BCUT2D eigenvalue weighted by Gasteiger charge is -2.41. The average Bonchev–Trinajstić information content (AvgIpc) is 2.72. The maximum Gasteiger partial charge on any atom is 0.256 e. The van der Waals surface area contributed by atoms with Gasteiger partial charge in [0.2, 0.25) is 0 Å². The first-order valence-corrected chi connectivity index (χ1v) is 11.0. The molecule has 2 aromatic carbocycles. The fourth-order valence-electron chi connectivity index (χ4n) is 4.38. The fraction of sp³-hybridized carbons (Fsp3) is 0.458. The molecule has 1 aliphatic carbocycles. The molecule has 1 amide bonds. The van der Waals surface area contributed by atoms with Crippen LogP contribution in [-0.2, 0) is 0 Å². The summed E-state index contributed by atoms with van der Waals surface area (Å²) in [7, 11) is 0. The Bertz CT molecular complexity index is 953. The van der Waals surface area contributed by atoms with E-state index in [0.29, 0.717) is 24.6 Å². The largest absolute Gasteiger partial charge is 0.350 e. The van der Waals surface area contributed by atoms with Crippen LogP contribution in [0.1, 0.15) is 48.0 Å². The van der Waals surface area contributed by atoms with Gasteiger partial charge < -0.3 is 15.5 Å². The van der Waals surface area contributed by atoms with Crippen LogP contribution in [0.5, 0.6) is 0 Å². The zero-order valence-corrected chi connectivity index (χ0v) is 17.7. The summed E-state index contributed by atoms with van der Waals surface area (Å²) in [6.07, 6.45) is 6.40. The molecule has 1 heterocycles. The quantitative estimate of drug-likeness (QED) is 0.665. The van der Waals surface area contributed by atoms with Crippen LogP contribution in [0.25, 0.3) is 0 Å². The Morgan fingerprint density at radius 3 is 2.48 bits per heavy atom. The molecule has 2 fully saturated rings. The van der Waals surface area contributed by atoms with Gasteiger partial charge in [0.25, 0.3) is 5.91 Å². The maximum atomic E-state index is 14.6. The fourth-order valence-corrected chi connectivity index (χ4v) is 4.38. The minimum atomic E-state index is -1.20.